The number of hydrogen-bond donors (Lipinski definition) is 2. The molecule has 0 bridgehead atoms. The minimum Gasteiger partial charge on any atom is -0.352 e. The molecule has 0 radical (unpaired) electrons. The number of hydrogen-bond acceptors (Lipinski definition) is 2. The summed E-state index contributed by atoms with van der Waals surface area (Å²) >= 11 is 0. The first kappa shape index (κ1) is 13.9. The van der Waals surface area contributed by atoms with Crippen LogP contribution in [0.1, 0.15) is 65.2 Å². The van der Waals surface area contributed by atoms with E-state index in [9.17, 15) is 4.79 Å². The molecule has 2 rings (SSSR count). The lowest BCUT2D eigenvalue weighted by atomic mass is 9.67. The Labute approximate surface area is 111 Å². The molecule has 0 aromatic rings. The van der Waals surface area contributed by atoms with Gasteiger partial charge in [-0.1, -0.05) is 26.2 Å². The summed E-state index contributed by atoms with van der Waals surface area (Å²) in [5.41, 5.74) is 0.488. The predicted molar refractivity (Wildman–Crippen MR) is 74.4 cm³/mol. The Kier molecular flexibility index (Phi) is 4.66. The van der Waals surface area contributed by atoms with Gasteiger partial charge in [0.15, 0.2) is 0 Å². The molecule has 0 heterocycles. The highest BCUT2D eigenvalue weighted by molar-refractivity contribution is 5.81. The molecule has 3 nitrogen and oxygen atoms in total. The molecule has 104 valence electrons. The Morgan fingerprint density at radius 2 is 1.94 bits per heavy atom. The molecule has 2 saturated carbocycles. The van der Waals surface area contributed by atoms with Crippen molar-refractivity contribution in [1.29, 1.82) is 0 Å². The summed E-state index contributed by atoms with van der Waals surface area (Å²) < 4.78 is 0. The molecule has 3 heteroatoms. The van der Waals surface area contributed by atoms with Crippen LogP contribution >= 0.6 is 0 Å². The Hall–Kier alpha value is -0.570. The van der Waals surface area contributed by atoms with E-state index in [1.165, 1.54) is 38.5 Å². The topological polar surface area (TPSA) is 41.1 Å². The van der Waals surface area contributed by atoms with Gasteiger partial charge in [0.1, 0.15) is 0 Å². The number of nitrogens with one attached hydrogen (secondary N) is 2. The minimum absolute atomic E-state index is 0.0466. The van der Waals surface area contributed by atoms with E-state index in [1.807, 2.05) is 6.92 Å². The zero-order valence-corrected chi connectivity index (χ0v) is 11.9. The van der Waals surface area contributed by atoms with Crippen molar-refractivity contribution in [1.82, 2.24) is 10.6 Å². The summed E-state index contributed by atoms with van der Waals surface area (Å²) in [6, 6.07) is 0.389. The molecule has 0 saturated heterocycles. The number of rotatable bonds is 6. The molecule has 18 heavy (non-hydrogen) atoms. The summed E-state index contributed by atoms with van der Waals surface area (Å²) in [7, 11) is 0. The maximum absolute atomic E-state index is 12.0. The summed E-state index contributed by atoms with van der Waals surface area (Å²) in [6.45, 7) is 5.26. The SMILES string of the molecule is CCC1(CNC(C)C(=O)NC2CCCC2)CCC1. The van der Waals surface area contributed by atoms with E-state index in [0.29, 0.717) is 11.5 Å². The molecule has 2 aliphatic carbocycles. The van der Waals surface area contributed by atoms with Crippen LogP contribution in [-0.2, 0) is 4.79 Å². The van der Waals surface area contributed by atoms with Crippen LogP contribution in [0.15, 0.2) is 0 Å². The highest BCUT2D eigenvalue weighted by atomic mass is 16.2. The van der Waals surface area contributed by atoms with Crippen LogP contribution < -0.4 is 10.6 Å². The third-order valence-corrected chi connectivity index (χ3v) is 5.04. The molecule has 0 aromatic heterocycles. The first-order valence-corrected chi connectivity index (χ1v) is 7.69. The molecule has 0 aliphatic heterocycles. The summed E-state index contributed by atoms with van der Waals surface area (Å²) in [4.78, 5) is 12.0. The highest BCUT2D eigenvalue weighted by Crippen LogP contribution is 2.43. The van der Waals surface area contributed by atoms with E-state index in [4.69, 9.17) is 0 Å². The van der Waals surface area contributed by atoms with Gasteiger partial charge >= 0.3 is 0 Å². The predicted octanol–water partition coefficient (Wildman–Crippen LogP) is 2.60. The second-order valence-electron chi connectivity index (χ2n) is 6.30. The van der Waals surface area contributed by atoms with Gasteiger partial charge in [0.05, 0.1) is 6.04 Å². The van der Waals surface area contributed by atoms with E-state index in [2.05, 4.69) is 17.6 Å². The van der Waals surface area contributed by atoms with Gasteiger partial charge < -0.3 is 10.6 Å². The maximum Gasteiger partial charge on any atom is 0.237 e. The zero-order chi connectivity index (χ0) is 13.0. The van der Waals surface area contributed by atoms with Gasteiger partial charge in [-0.25, -0.2) is 0 Å². The van der Waals surface area contributed by atoms with Crippen molar-refractivity contribution in [3.8, 4) is 0 Å². The van der Waals surface area contributed by atoms with E-state index in [1.54, 1.807) is 0 Å². The van der Waals surface area contributed by atoms with Gasteiger partial charge in [-0.05, 0) is 44.4 Å². The molecule has 2 fully saturated rings. The molecule has 1 atom stereocenters. The van der Waals surface area contributed by atoms with Crippen molar-refractivity contribution < 1.29 is 4.79 Å². The smallest absolute Gasteiger partial charge is 0.237 e. The lowest BCUT2D eigenvalue weighted by Crippen LogP contribution is -2.49. The van der Waals surface area contributed by atoms with Gasteiger partial charge in [0, 0.05) is 12.6 Å². The van der Waals surface area contributed by atoms with Crippen LogP contribution in [0, 0.1) is 5.41 Å². The third-order valence-electron chi connectivity index (χ3n) is 5.04. The fourth-order valence-corrected chi connectivity index (χ4v) is 3.19. The normalized spacial score (nSPS) is 24.6. The van der Waals surface area contributed by atoms with Crippen LogP contribution in [0.2, 0.25) is 0 Å². The van der Waals surface area contributed by atoms with Crippen LogP contribution in [0.3, 0.4) is 0 Å². The van der Waals surface area contributed by atoms with E-state index in [0.717, 1.165) is 19.4 Å². The molecule has 0 aromatic carbocycles. The third kappa shape index (κ3) is 3.25. The average Bonchev–Trinajstić information content (AvgIpc) is 2.80. The van der Waals surface area contributed by atoms with Gasteiger partial charge in [0.25, 0.3) is 0 Å². The Morgan fingerprint density at radius 3 is 2.44 bits per heavy atom. The molecule has 2 N–H and O–H groups in total. The first-order chi connectivity index (χ1) is 8.65. The molecule has 1 amide bonds. The van der Waals surface area contributed by atoms with Crippen LogP contribution in [0.4, 0.5) is 0 Å². The second kappa shape index (κ2) is 6.05. The van der Waals surface area contributed by atoms with Gasteiger partial charge in [-0.3, -0.25) is 4.79 Å². The largest absolute Gasteiger partial charge is 0.352 e. The van der Waals surface area contributed by atoms with Crippen molar-refractivity contribution in [2.45, 2.75) is 77.3 Å². The monoisotopic (exact) mass is 252 g/mol. The Balaban J connectivity index is 1.69. The lowest BCUT2D eigenvalue weighted by Gasteiger charge is -2.42. The summed E-state index contributed by atoms with van der Waals surface area (Å²) in [5, 5.41) is 6.61. The maximum atomic E-state index is 12.0. The standard InChI is InChI=1S/C15H28N2O/c1-3-15(9-6-10-15)11-16-12(2)14(18)17-13-7-4-5-8-13/h12-13,16H,3-11H2,1-2H3,(H,17,18). The van der Waals surface area contributed by atoms with Crippen molar-refractivity contribution in [2.24, 2.45) is 5.41 Å². The van der Waals surface area contributed by atoms with Crippen LogP contribution in [0.5, 0.6) is 0 Å². The summed E-state index contributed by atoms with van der Waals surface area (Å²) in [6.07, 6.45) is 10.1. The molecule has 1 unspecified atom stereocenters. The molecular weight excluding hydrogens is 224 g/mol. The van der Waals surface area contributed by atoms with Crippen molar-refractivity contribution in [3.05, 3.63) is 0 Å². The quantitative estimate of drug-likeness (QED) is 0.763. The lowest BCUT2D eigenvalue weighted by molar-refractivity contribution is -0.123. The van der Waals surface area contributed by atoms with Crippen molar-refractivity contribution >= 4 is 5.91 Å². The highest BCUT2D eigenvalue weighted by Gasteiger charge is 2.35. The Bertz CT molecular complexity index is 275. The van der Waals surface area contributed by atoms with Gasteiger partial charge in [-0.2, -0.15) is 0 Å². The molecular formula is C15H28N2O. The summed E-state index contributed by atoms with van der Waals surface area (Å²) in [5.74, 6) is 0.187. The first-order valence-electron chi connectivity index (χ1n) is 7.69. The Morgan fingerprint density at radius 1 is 1.28 bits per heavy atom. The average molecular weight is 252 g/mol. The number of carbonyl (C=O) groups is 1. The van der Waals surface area contributed by atoms with Gasteiger partial charge in [-0.15, -0.1) is 0 Å². The number of carbonyl (C=O) groups excluding carboxylic acids is 1. The fraction of sp³-hybridized carbons (Fsp3) is 0.933. The zero-order valence-electron chi connectivity index (χ0n) is 11.9. The second-order valence-corrected chi connectivity index (χ2v) is 6.30. The van der Waals surface area contributed by atoms with E-state index < -0.39 is 0 Å². The fourth-order valence-electron chi connectivity index (χ4n) is 3.19. The van der Waals surface area contributed by atoms with Crippen molar-refractivity contribution in [3.63, 3.8) is 0 Å². The van der Waals surface area contributed by atoms with Gasteiger partial charge in [0.2, 0.25) is 5.91 Å². The number of amides is 1. The minimum atomic E-state index is -0.0466. The van der Waals surface area contributed by atoms with E-state index >= 15 is 0 Å². The van der Waals surface area contributed by atoms with E-state index in [-0.39, 0.29) is 11.9 Å². The van der Waals surface area contributed by atoms with Crippen LogP contribution in [-0.4, -0.2) is 24.5 Å². The van der Waals surface area contributed by atoms with Crippen molar-refractivity contribution in [2.75, 3.05) is 6.54 Å². The molecule has 0 spiro atoms. The van der Waals surface area contributed by atoms with Crippen LogP contribution in [0.25, 0.3) is 0 Å². The molecule has 2 aliphatic rings.